The Balaban J connectivity index is 1.92. The summed E-state index contributed by atoms with van der Waals surface area (Å²) >= 11 is 5.98. The average Bonchev–Trinajstić information content (AvgIpc) is 3.26. The first-order valence-corrected chi connectivity index (χ1v) is 7.71. The van der Waals surface area contributed by atoms with Gasteiger partial charge in [0.05, 0.1) is 13.3 Å². The van der Waals surface area contributed by atoms with E-state index in [4.69, 9.17) is 25.5 Å². The Bertz CT molecular complexity index is 669. The Labute approximate surface area is 138 Å². The number of carbonyl (C=O) groups is 1. The molecule has 1 aromatic carbocycles. The van der Waals surface area contributed by atoms with Crippen LogP contribution in [0, 0.1) is 5.92 Å². The predicted octanol–water partition coefficient (Wildman–Crippen LogP) is 2.84. The zero-order valence-corrected chi connectivity index (χ0v) is 13.4. The molecule has 6 nitrogen and oxygen atoms in total. The number of rotatable bonds is 5. The Morgan fingerprint density at radius 1 is 1.52 bits per heavy atom. The van der Waals surface area contributed by atoms with Gasteiger partial charge in [-0.15, -0.1) is 0 Å². The maximum Gasteiger partial charge on any atom is 0.341 e. The summed E-state index contributed by atoms with van der Waals surface area (Å²) in [4.78, 5) is 16.2. The molecule has 1 saturated heterocycles. The lowest BCUT2D eigenvalue weighted by Crippen LogP contribution is -2.22. The zero-order chi connectivity index (χ0) is 16.2. The number of nitrogens with zero attached hydrogens (tertiary/aromatic N) is 1. The highest BCUT2D eigenvalue weighted by atomic mass is 35.5. The van der Waals surface area contributed by atoms with E-state index in [9.17, 15) is 4.79 Å². The summed E-state index contributed by atoms with van der Waals surface area (Å²) < 4.78 is 16.3. The van der Waals surface area contributed by atoms with Crippen LogP contribution in [0.4, 0.5) is 0 Å². The Morgan fingerprint density at radius 3 is 3.04 bits per heavy atom. The third kappa shape index (κ3) is 3.48. The van der Waals surface area contributed by atoms with Crippen LogP contribution in [0.1, 0.15) is 28.8 Å². The van der Waals surface area contributed by atoms with Gasteiger partial charge in [0.1, 0.15) is 17.6 Å². The molecule has 0 bridgehead atoms. The number of halogens is 1. The third-order valence-electron chi connectivity index (χ3n) is 3.82. The van der Waals surface area contributed by atoms with Crippen molar-refractivity contribution in [1.82, 2.24) is 10.3 Å². The Hall–Kier alpha value is -2.05. The molecule has 1 aliphatic heterocycles. The van der Waals surface area contributed by atoms with Crippen molar-refractivity contribution in [2.45, 2.75) is 12.5 Å². The molecule has 0 aliphatic carbocycles. The smallest absolute Gasteiger partial charge is 0.341 e. The summed E-state index contributed by atoms with van der Waals surface area (Å²) in [7, 11) is 1.32. The fraction of sp³-hybridized carbons (Fsp3) is 0.375. The van der Waals surface area contributed by atoms with Crippen molar-refractivity contribution in [2.75, 3.05) is 20.2 Å². The van der Waals surface area contributed by atoms with Crippen LogP contribution in [-0.4, -0.2) is 31.2 Å². The van der Waals surface area contributed by atoms with Crippen LogP contribution < -0.4 is 10.1 Å². The molecule has 0 radical (unpaired) electrons. The van der Waals surface area contributed by atoms with Crippen molar-refractivity contribution in [1.29, 1.82) is 0 Å². The minimum absolute atomic E-state index is 0.204. The highest BCUT2D eigenvalue weighted by Gasteiger charge is 2.32. The fourth-order valence-corrected chi connectivity index (χ4v) is 2.84. The third-order valence-corrected chi connectivity index (χ3v) is 4.06. The largest absolute Gasteiger partial charge is 0.479 e. The lowest BCUT2D eigenvalue weighted by Gasteiger charge is -2.22. The molecule has 1 fully saturated rings. The summed E-state index contributed by atoms with van der Waals surface area (Å²) in [5.41, 5.74) is 0.280. The van der Waals surface area contributed by atoms with E-state index >= 15 is 0 Å². The average molecular weight is 337 g/mol. The number of oxazole rings is 1. The quantitative estimate of drug-likeness (QED) is 0.846. The van der Waals surface area contributed by atoms with E-state index in [0.717, 1.165) is 19.5 Å². The van der Waals surface area contributed by atoms with Gasteiger partial charge < -0.3 is 19.2 Å². The van der Waals surface area contributed by atoms with Crippen molar-refractivity contribution < 1.29 is 18.7 Å². The van der Waals surface area contributed by atoms with E-state index in [2.05, 4.69) is 10.3 Å². The predicted molar refractivity (Wildman–Crippen MR) is 83.6 cm³/mol. The molecular weight excluding hydrogens is 320 g/mol. The summed E-state index contributed by atoms with van der Waals surface area (Å²) in [5, 5.41) is 3.73. The van der Waals surface area contributed by atoms with Gasteiger partial charge in [-0.25, -0.2) is 9.78 Å². The molecule has 0 saturated carbocycles. The van der Waals surface area contributed by atoms with Gasteiger partial charge >= 0.3 is 5.97 Å². The number of hydrogen-bond acceptors (Lipinski definition) is 6. The second kappa shape index (κ2) is 7.02. The highest BCUT2D eigenvalue weighted by Crippen LogP contribution is 2.34. The van der Waals surface area contributed by atoms with Crippen LogP contribution >= 0.6 is 11.6 Å². The van der Waals surface area contributed by atoms with Gasteiger partial charge in [-0.1, -0.05) is 11.6 Å². The van der Waals surface area contributed by atoms with Gasteiger partial charge in [-0.3, -0.25) is 0 Å². The van der Waals surface area contributed by atoms with Gasteiger partial charge in [0.15, 0.2) is 6.10 Å². The fourth-order valence-electron chi connectivity index (χ4n) is 2.67. The Morgan fingerprint density at radius 2 is 2.39 bits per heavy atom. The first-order valence-electron chi connectivity index (χ1n) is 7.33. The van der Waals surface area contributed by atoms with Crippen LogP contribution in [0.3, 0.4) is 0 Å². The minimum Gasteiger partial charge on any atom is -0.479 e. The van der Waals surface area contributed by atoms with E-state index < -0.39 is 5.97 Å². The second-order valence-electron chi connectivity index (χ2n) is 5.29. The molecule has 1 unspecified atom stereocenters. The molecule has 1 N–H and O–H groups in total. The molecule has 23 heavy (non-hydrogen) atoms. The number of benzene rings is 1. The van der Waals surface area contributed by atoms with Gasteiger partial charge in [0.25, 0.3) is 0 Å². The van der Waals surface area contributed by atoms with Crippen LogP contribution in [0.15, 0.2) is 35.1 Å². The van der Waals surface area contributed by atoms with Crippen LogP contribution in [-0.2, 0) is 4.74 Å². The lowest BCUT2D eigenvalue weighted by molar-refractivity contribution is 0.0583. The van der Waals surface area contributed by atoms with Gasteiger partial charge in [-0.2, -0.15) is 0 Å². The molecular formula is C16H17ClN2O4. The van der Waals surface area contributed by atoms with Crippen molar-refractivity contribution in [2.24, 2.45) is 5.92 Å². The Kier molecular flexibility index (Phi) is 4.83. The zero-order valence-electron chi connectivity index (χ0n) is 12.6. The molecule has 2 heterocycles. The summed E-state index contributed by atoms with van der Waals surface area (Å²) in [5.74, 6) is 0.592. The van der Waals surface area contributed by atoms with E-state index in [1.54, 1.807) is 18.3 Å². The number of nitrogens with one attached hydrogen (secondary N) is 1. The molecule has 2 aromatic rings. The van der Waals surface area contributed by atoms with E-state index in [1.807, 2.05) is 0 Å². The molecule has 0 spiro atoms. The van der Waals surface area contributed by atoms with Crippen LogP contribution in [0.25, 0.3) is 0 Å². The standard InChI is InChI=1S/C16H17ClN2O4/c1-21-16(20)12-8-11(17)2-3-13(12)23-14(10-4-5-18-9-10)15-19-6-7-22-15/h2-3,6-8,10,14,18H,4-5,9H2,1H3/t10?,14-/m0/s1. The number of esters is 1. The maximum absolute atomic E-state index is 12.0. The number of aromatic nitrogens is 1. The number of ether oxygens (including phenoxy) is 2. The van der Waals surface area contributed by atoms with Gasteiger partial charge in [-0.05, 0) is 31.2 Å². The molecule has 1 aliphatic rings. The molecule has 7 heteroatoms. The van der Waals surface area contributed by atoms with Gasteiger partial charge in [0.2, 0.25) is 5.89 Å². The SMILES string of the molecule is COC(=O)c1cc(Cl)ccc1O[C@H](c1ncco1)C1CCNC1. The van der Waals surface area contributed by atoms with Crippen molar-refractivity contribution in [3.05, 3.63) is 47.1 Å². The van der Waals surface area contributed by atoms with Crippen LogP contribution in [0.5, 0.6) is 5.75 Å². The minimum atomic E-state index is -0.502. The highest BCUT2D eigenvalue weighted by molar-refractivity contribution is 6.31. The lowest BCUT2D eigenvalue weighted by atomic mass is 10.0. The number of methoxy groups -OCH3 is 1. The van der Waals surface area contributed by atoms with E-state index in [1.165, 1.54) is 19.4 Å². The normalized spacial score (nSPS) is 18.6. The van der Waals surface area contributed by atoms with Gasteiger partial charge in [0, 0.05) is 17.5 Å². The van der Waals surface area contributed by atoms with Crippen molar-refractivity contribution in [3.63, 3.8) is 0 Å². The summed E-state index contributed by atoms with van der Waals surface area (Å²) in [6.07, 6.45) is 3.65. The van der Waals surface area contributed by atoms with Crippen LogP contribution in [0.2, 0.25) is 5.02 Å². The molecule has 2 atom stereocenters. The topological polar surface area (TPSA) is 73.6 Å². The number of carbonyl (C=O) groups excluding carboxylic acids is 1. The molecule has 122 valence electrons. The summed E-state index contributed by atoms with van der Waals surface area (Å²) in [6.45, 7) is 1.71. The molecule has 0 amide bonds. The maximum atomic E-state index is 12.0. The second-order valence-corrected chi connectivity index (χ2v) is 5.73. The molecule has 3 rings (SSSR count). The monoisotopic (exact) mass is 336 g/mol. The van der Waals surface area contributed by atoms with E-state index in [-0.39, 0.29) is 17.6 Å². The summed E-state index contributed by atoms with van der Waals surface area (Å²) in [6, 6.07) is 4.86. The molecule has 1 aromatic heterocycles. The van der Waals surface area contributed by atoms with Crippen molar-refractivity contribution >= 4 is 17.6 Å². The number of hydrogen-bond donors (Lipinski definition) is 1. The first-order chi connectivity index (χ1) is 11.2. The van der Waals surface area contributed by atoms with Crippen molar-refractivity contribution in [3.8, 4) is 5.75 Å². The van der Waals surface area contributed by atoms with E-state index in [0.29, 0.717) is 16.7 Å². The first kappa shape index (κ1) is 15.8.